The molecule has 0 radical (unpaired) electrons. The number of hydrogen-bond acceptors (Lipinski definition) is 4. The zero-order valence-electron chi connectivity index (χ0n) is 10.0. The number of carbonyl (C=O) groups excluding carboxylic acids is 2. The van der Waals surface area contributed by atoms with Gasteiger partial charge in [-0.25, -0.2) is 0 Å². The van der Waals surface area contributed by atoms with E-state index in [-0.39, 0.29) is 24.4 Å². The van der Waals surface area contributed by atoms with E-state index in [9.17, 15) is 9.59 Å². The van der Waals surface area contributed by atoms with E-state index < -0.39 is 0 Å². The molecular formula is C12H17N3O2S. The van der Waals surface area contributed by atoms with Gasteiger partial charge in [0.1, 0.15) is 0 Å². The lowest BCUT2D eigenvalue weighted by molar-refractivity contribution is -0.120. The predicted octanol–water partition coefficient (Wildman–Crippen LogP) is 0.331. The molecule has 1 heterocycles. The number of rotatable bonds is 6. The third kappa shape index (κ3) is 3.54. The Kier molecular flexibility index (Phi) is 4.33. The van der Waals surface area contributed by atoms with E-state index in [1.54, 1.807) is 12.1 Å². The smallest absolute Gasteiger partial charge is 0.261 e. The molecule has 2 rings (SSSR count). The molecule has 1 atom stereocenters. The van der Waals surface area contributed by atoms with Crippen molar-refractivity contribution in [2.24, 2.45) is 11.7 Å². The Balaban J connectivity index is 1.72. The van der Waals surface area contributed by atoms with Gasteiger partial charge in [0.15, 0.2) is 0 Å². The van der Waals surface area contributed by atoms with Gasteiger partial charge in [-0.1, -0.05) is 6.07 Å². The molecule has 1 fully saturated rings. The fourth-order valence-corrected chi connectivity index (χ4v) is 2.42. The molecule has 18 heavy (non-hydrogen) atoms. The molecule has 0 aliphatic heterocycles. The van der Waals surface area contributed by atoms with E-state index in [4.69, 9.17) is 5.73 Å². The van der Waals surface area contributed by atoms with Crippen molar-refractivity contribution in [1.82, 2.24) is 10.6 Å². The molecule has 1 aromatic rings. The Hall–Kier alpha value is -1.40. The molecule has 98 valence electrons. The van der Waals surface area contributed by atoms with E-state index in [2.05, 4.69) is 10.6 Å². The number of carbonyl (C=O) groups is 2. The van der Waals surface area contributed by atoms with Crippen molar-refractivity contribution >= 4 is 23.2 Å². The molecule has 1 aliphatic rings. The van der Waals surface area contributed by atoms with Crippen molar-refractivity contribution in [2.75, 3.05) is 13.1 Å². The molecule has 2 amide bonds. The Morgan fingerprint density at radius 2 is 2.28 bits per heavy atom. The maximum Gasteiger partial charge on any atom is 0.261 e. The minimum atomic E-state index is -0.212. The van der Waals surface area contributed by atoms with Crippen molar-refractivity contribution in [3.63, 3.8) is 0 Å². The summed E-state index contributed by atoms with van der Waals surface area (Å²) in [5, 5.41) is 7.27. The summed E-state index contributed by atoms with van der Waals surface area (Å²) in [6, 6.07) is 3.58. The summed E-state index contributed by atoms with van der Waals surface area (Å²) in [4.78, 5) is 23.9. The summed E-state index contributed by atoms with van der Waals surface area (Å²) in [6.45, 7) is 0.454. The van der Waals surface area contributed by atoms with Crippen LogP contribution in [0.3, 0.4) is 0 Å². The van der Waals surface area contributed by atoms with E-state index in [0.717, 1.165) is 12.8 Å². The van der Waals surface area contributed by atoms with Gasteiger partial charge in [-0.3, -0.25) is 9.59 Å². The van der Waals surface area contributed by atoms with Gasteiger partial charge < -0.3 is 16.4 Å². The van der Waals surface area contributed by atoms with Crippen molar-refractivity contribution in [3.8, 4) is 0 Å². The van der Waals surface area contributed by atoms with Crippen LogP contribution in [0.1, 0.15) is 22.5 Å². The fourth-order valence-electron chi connectivity index (χ4n) is 1.78. The predicted molar refractivity (Wildman–Crippen MR) is 70.4 cm³/mol. The second-order valence-electron chi connectivity index (χ2n) is 4.41. The molecule has 0 bridgehead atoms. The first kappa shape index (κ1) is 13.0. The van der Waals surface area contributed by atoms with E-state index in [1.165, 1.54) is 11.3 Å². The SMILES string of the molecule is NCC(NC(=O)CNC(=O)c1cccs1)C1CC1. The lowest BCUT2D eigenvalue weighted by Crippen LogP contribution is -2.46. The second kappa shape index (κ2) is 5.97. The van der Waals surface area contributed by atoms with E-state index in [1.807, 2.05) is 5.38 Å². The molecule has 1 aliphatic carbocycles. The molecule has 1 aromatic heterocycles. The van der Waals surface area contributed by atoms with Crippen molar-refractivity contribution in [3.05, 3.63) is 22.4 Å². The summed E-state index contributed by atoms with van der Waals surface area (Å²) in [5.74, 6) is 0.130. The average Bonchev–Trinajstić information content (AvgIpc) is 3.07. The minimum Gasteiger partial charge on any atom is -0.350 e. The van der Waals surface area contributed by atoms with Crippen LogP contribution in [0.2, 0.25) is 0 Å². The number of hydrogen-bond donors (Lipinski definition) is 3. The van der Waals surface area contributed by atoms with Crippen LogP contribution in [-0.2, 0) is 4.79 Å². The molecule has 0 aromatic carbocycles. The second-order valence-corrected chi connectivity index (χ2v) is 5.35. The average molecular weight is 267 g/mol. The highest BCUT2D eigenvalue weighted by atomic mass is 32.1. The number of amides is 2. The summed E-state index contributed by atoms with van der Waals surface area (Å²) in [7, 11) is 0. The Morgan fingerprint density at radius 3 is 2.83 bits per heavy atom. The number of nitrogens with one attached hydrogen (secondary N) is 2. The lowest BCUT2D eigenvalue weighted by Gasteiger charge is -2.16. The molecule has 0 saturated heterocycles. The van der Waals surface area contributed by atoms with Crippen molar-refractivity contribution < 1.29 is 9.59 Å². The van der Waals surface area contributed by atoms with Crippen LogP contribution < -0.4 is 16.4 Å². The van der Waals surface area contributed by atoms with Crippen LogP contribution in [0.4, 0.5) is 0 Å². The maximum atomic E-state index is 11.6. The van der Waals surface area contributed by atoms with Gasteiger partial charge in [-0.15, -0.1) is 11.3 Å². The maximum absolute atomic E-state index is 11.6. The lowest BCUT2D eigenvalue weighted by atomic mass is 10.2. The zero-order chi connectivity index (χ0) is 13.0. The number of thiophene rings is 1. The number of nitrogens with two attached hydrogens (primary N) is 1. The summed E-state index contributed by atoms with van der Waals surface area (Å²) < 4.78 is 0. The Labute approximate surface area is 110 Å². The largest absolute Gasteiger partial charge is 0.350 e. The van der Waals surface area contributed by atoms with Gasteiger partial charge in [0.05, 0.1) is 11.4 Å². The van der Waals surface area contributed by atoms with Crippen LogP contribution in [0.5, 0.6) is 0 Å². The normalized spacial score (nSPS) is 16.1. The van der Waals surface area contributed by atoms with E-state index >= 15 is 0 Å². The summed E-state index contributed by atoms with van der Waals surface area (Å²) in [5.41, 5.74) is 5.59. The third-order valence-electron chi connectivity index (χ3n) is 2.95. The van der Waals surface area contributed by atoms with Gasteiger partial charge >= 0.3 is 0 Å². The van der Waals surface area contributed by atoms with Gasteiger partial charge in [-0.05, 0) is 30.2 Å². The standard InChI is InChI=1S/C12H17N3O2S/c13-6-9(8-3-4-8)15-11(16)7-14-12(17)10-2-1-5-18-10/h1-2,5,8-9H,3-4,6-7,13H2,(H,14,17)(H,15,16). The monoisotopic (exact) mass is 267 g/mol. The van der Waals surface area contributed by atoms with Crippen LogP contribution in [0, 0.1) is 5.92 Å². The highest BCUT2D eigenvalue weighted by molar-refractivity contribution is 7.12. The first-order valence-electron chi connectivity index (χ1n) is 6.02. The van der Waals surface area contributed by atoms with Crippen LogP contribution >= 0.6 is 11.3 Å². The molecular weight excluding hydrogens is 250 g/mol. The Morgan fingerprint density at radius 1 is 1.50 bits per heavy atom. The van der Waals surface area contributed by atoms with Gasteiger partial charge in [0, 0.05) is 12.6 Å². The van der Waals surface area contributed by atoms with E-state index in [0.29, 0.717) is 17.3 Å². The highest BCUT2D eigenvalue weighted by Gasteiger charge is 2.31. The zero-order valence-corrected chi connectivity index (χ0v) is 10.8. The van der Waals surface area contributed by atoms with Crippen LogP contribution in [0.25, 0.3) is 0 Å². The molecule has 1 unspecified atom stereocenters. The van der Waals surface area contributed by atoms with Crippen molar-refractivity contribution in [2.45, 2.75) is 18.9 Å². The van der Waals surface area contributed by atoms with Crippen LogP contribution in [-0.4, -0.2) is 30.9 Å². The van der Waals surface area contributed by atoms with Gasteiger partial charge in [0.25, 0.3) is 5.91 Å². The molecule has 1 saturated carbocycles. The fraction of sp³-hybridized carbons (Fsp3) is 0.500. The summed E-state index contributed by atoms with van der Waals surface area (Å²) >= 11 is 1.35. The first-order valence-corrected chi connectivity index (χ1v) is 6.90. The van der Waals surface area contributed by atoms with Crippen LogP contribution in [0.15, 0.2) is 17.5 Å². The van der Waals surface area contributed by atoms with Crippen molar-refractivity contribution in [1.29, 1.82) is 0 Å². The van der Waals surface area contributed by atoms with Gasteiger partial charge in [0.2, 0.25) is 5.91 Å². The van der Waals surface area contributed by atoms with Gasteiger partial charge in [-0.2, -0.15) is 0 Å². The topological polar surface area (TPSA) is 84.2 Å². The molecule has 6 heteroatoms. The molecule has 5 nitrogen and oxygen atoms in total. The Bertz CT molecular complexity index is 415. The summed E-state index contributed by atoms with van der Waals surface area (Å²) in [6.07, 6.45) is 2.26. The highest BCUT2D eigenvalue weighted by Crippen LogP contribution is 2.32. The molecule has 4 N–H and O–H groups in total. The third-order valence-corrected chi connectivity index (χ3v) is 3.81. The first-order chi connectivity index (χ1) is 8.70. The quantitative estimate of drug-likeness (QED) is 0.694. The minimum absolute atomic E-state index is 0.0000463. The molecule has 0 spiro atoms.